The third-order valence-corrected chi connectivity index (χ3v) is 3.30. The number of benzene rings is 1. The Morgan fingerprint density at radius 3 is 1.83 bits per heavy atom. The third-order valence-electron chi connectivity index (χ3n) is 3.30. The van der Waals surface area contributed by atoms with Gasteiger partial charge in [-0.2, -0.15) is 0 Å². The summed E-state index contributed by atoms with van der Waals surface area (Å²) < 4.78 is 25.9. The Morgan fingerprint density at radius 1 is 0.759 bits per heavy atom. The van der Waals surface area contributed by atoms with Crippen LogP contribution in [0, 0.1) is 0 Å². The first-order valence-electron chi connectivity index (χ1n) is 9.51. The van der Waals surface area contributed by atoms with Crippen LogP contribution in [0.5, 0.6) is 0 Å². The van der Waals surface area contributed by atoms with Gasteiger partial charge in [0.1, 0.15) is 12.2 Å². The first-order chi connectivity index (χ1) is 13.8. The second-order valence-electron chi connectivity index (χ2n) is 7.00. The molecule has 162 valence electrons. The van der Waals surface area contributed by atoms with Crippen LogP contribution < -0.4 is 0 Å². The number of esters is 2. The van der Waals surface area contributed by atoms with Gasteiger partial charge in [0, 0.05) is 5.56 Å². The maximum absolute atomic E-state index is 11.8. The van der Waals surface area contributed by atoms with Crippen LogP contribution in [0.4, 0.5) is 0 Å². The molecular formula is C21H30O8. The van der Waals surface area contributed by atoms with Crippen LogP contribution in [0.15, 0.2) is 30.3 Å². The van der Waals surface area contributed by atoms with Crippen molar-refractivity contribution in [3.63, 3.8) is 0 Å². The zero-order valence-corrected chi connectivity index (χ0v) is 17.3. The van der Waals surface area contributed by atoms with Crippen molar-refractivity contribution in [2.45, 2.75) is 32.8 Å². The molecule has 0 saturated carbocycles. The highest BCUT2D eigenvalue weighted by Crippen LogP contribution is 2.08. The van der Waals surface area contributed by atoms with E-state index in [1.807, 2.05) is 20.8 Å². The fraction of sp³-hybridized carbons (Fsp3) is 0.571. The molecule has 0 aliphatic rings. The van der Waals surface area contributed by atoms with Gasteiger partial charge in [0.15, 0.2) is 0 Å². The lowest BCUT2D eigenvalue weighted by Gasteiger charge is -2.19. The first-order valence-corrected chi connectivity index (χ1v) is 9.51. The molecule has 1 rings (SSSR count). The van der Waals surface area contributed by atoms with Crippen molar-refractivity contribution in [3.05, 3.63) is 35.9 Å². The Hall–Kier alpha value is -2.29. The molecule has 0 amide bonds. The van der Waals surface area contributed by atoms with E-state index in [-0.39, 0.29) is 32.2 Å². The minimum absolute atomic E-state index is 0.00875. The predicted octanol–water partition coefficient (Wildman–Crippen LogP) is 2.19. The van der Waals surface area contributed by atoms with Crippen LogP contribution >= 0.6 is 0 Å². The number of rotatable bonds is 14. The van der Waals surface area contributed by atoms with Crippen molar-refractivity contribution in [2.75, 3.05) is 46.2 Å². The number of ketones is 1. The summed E-state index contributed by atoms with van der Waals surface area (Å²) in [5.74, 6) is -1.88. The van der Waals surface area contributed by atoms with E-state index in [4.69, 9.17) is 23.7 Å². The fourth-order valence-electron chi connectivity index (χ4n) is 2.06. The standard InChI is InChI=1S/C21H30O8/c1-21(2,3)29-18(22)9-10-25-11-12-26-13-14-27-15-16-28-20(24)19(23)17-7-5-4-6-8-17/h4-8H,9-16H2,1-3H3. The molecule has 8 heteroatoms. The van der Waals surface area contributed by atoms with Crippen LogP contribution in [-0.4, -0.2) is 69.6 Å². The van der Waals surface area contributed by atoms with Crippen molar-refractivity contribution in [2.24, 2.45) is 0 Å². The van der Waals surface area contributed by atoms with Gasteiger partial charge in [0.2, 0.25) is 0 Å². The van der Waals surface area contributed by atoms with Crippen LogP contribution in [0.2, 0.25) is 0 Å². The summed E-state index contributed by atoms with van der Waals surface area (Å²) in [4.78, 5) is 34.9. The summed E-state index contributed by atoms with van der Waals surface area (Å²) in [5, 5.41) is 0. The summed E-state index contributed by atoms with van der Waals surface area (Å²) in [7, 11) is 0. The maximum Gasteiger partial charge on any atom is 0.379 e. The fourth-order valence-corrected chi connectivity index (χ4v) is 2.06. The highest BCUT2D eigenvalue weighted by Gasteiger charge is 2.17. The highest BCUT2D eigenvalue weighted by molar-refractivity contribution is 6.40. The zero-order chi connectivity index (χ0) is 21.5. The molecule has 0 heterocycles. The number of ether oxygens (including phenoxy) is 5. The van der Waals surface area contributed by atoms with E-state index in [9.17, 15) is 14.4 Å². The number of carbonyl (C=O) groups excluding carboxylic acids is 3. The summed E-state index contributed by atoms with van der Waals surface area (Å²) in [6.07, 6.45) is 0.200. The highest BCUT2D eigenvalue weighted by atomic mass is 16.6. The lowest BCUT2D eigenvalue weighted by molar-refractivity contribution is -0.156. The summed E-state index contributed by atoms with van der Waals surface area (Å²) >= 11 is 0. The van der Waals surface area contributed by atoms with Crippen molar-refractivity contribution < 1.29 is 38.1 Å². The number of Topliss-reactive ketones (excluding diaryl/α,β-unsaturated/α-hetero) is 1. The smallest absolute Gasteiger partial charge is 0.379 e. The van der Waals surface area contributed by atoms with E-state index in [1.165, 1.54) is 0 Å². The Bertz CT molecular complexity index is 621. The molecule has 0 radical (unpaired) electrons. The van der Waals surface area contributed by atoms with Gasteiger partial charge >= 0.3 is 11.9 Å². The molecule has 0 unspecified atom stereocenters. The largest absolute Gasteiger partial charge is 0.460 e. The van der Waals surface area contributed by atoms with Crippen molar-refractivity contribution in [1.29, 1.82) is 0 Å². The van der Waals surface area contributed by atoms with Crippen molar-refractivity contribution >= 4 is 17.7 Å². The SMILES string of the molecule is CC(C)(C)OC(=O)CCOCCOCCOCCOC(=O)C(=O)c1ccccc1. The van der Waals surface area contributed by atoms with Gasteiger partial charge in [-0.15, -0.1) is 0 Å². The molecule has 0 spiro atoms. The van der Waals surface area contributed by atoms with Gasteiger partial charge in [-0.3, -0.25) is 9.59 Å². The predicted molar refractivity (Wildman–Crippen MR) is 105 cm³/mol. The second kappa shape index (κ2) is 13.8. The molecule has 0 saturated heterocycles. The average molecular weight is 410 g/mol. The number of hydrogen-bond acceptors (Lipinski definition) is 8. The van der Waals surface area contributed by atoms with Gasteiger partial charge in [-0.25, -0.2) is 4.79 Å². The molecule has 0 aromatic heterocycles. The topological polar surface area (TPSA) is 97.4 Å². The normalized spacial score (nSPS) is 11.1. The lowest BCUT2D eigenvalue weighted by Crippen LogP contribution is -2.24. The molecule has 0 N–H and O–H groups in total. The average Bonchev–Trinajstić information content (AvgIpc) is 2.67. The Balaban J connectivity index is 1.91. The van der Waals surface area contributed by atoms with E-state index < -0.39 is 17.4 Å². The molecule has 29 heavy (non-hydrogen) atoms. The first kappa shape index (κ1) is 24.7. The van der Waals surface area contributed by atoms with Crippen LogP contribution in [0.3, 0.4) is 0 Å². The van der Waals surface area contributed by atoms with E-state index in [0.29, 0.717) is 32.0 Å². The quantitative estimate of drug-likeness (QED) is 0.199. The molecular weight excluding hydrogens is 380 g/mol. The Morgan fingerprint density at radius 2 is 1.28 bits per heavy atom. The molecule has 1 aromatic carbocycles. The van der Waals surface area contributed by atoms with Gasteiger partial charge < -0.3 is 23.7 Å². The summed E-state index contributed by atoms with van der Waals surface area (Å²) in [6, 6.07) is 8.22. The molecule has 1 aromatic rings. The van der Waals surface area contributed by atoms with Crippen LogP contribution in [0.1, 0.15) is 37.6 Å². The van der Waals surface area contributed by atoms with Gasteiger partial charge in [0.25, 0.3) is 5.78 Å². The second-order valence-corrected chi connectivity index (χ2v) is 7.00. The maximum atomic E-state index is 11.8. The molecule has 0 bridgehead atoms. The van der Waals surface area contributed by atoms with Crippen LogP contribution in [-0.2, 0) is 33.3 Å². The summed E-state index contributed by atoms with van der Waals surface area (Å²) in [5.41, 5.74) is -0.198. The Labute approximate surface area is 171 Å². The third kappa shape index (κ3) is 12.7. The summed E-state index contributed by atoms with van der Waals surface area (Å²) in [6.45, 7) is 7.30. The Kier molecular flexibility index (Phi) is 11.8. The molecule has 0 aliphatic carbocycles. The van der Waals surface area contributed by atoms with E-state index >= 15 is 0 Å². The van der Waals surface area contributed by atoms with Gasteiger partial charge in [-0.05, 0) is 20.8 Å². The van der Waals surface area contributed by atoms with E-state index in [2.05, 4.69) is 0 Å². The molecule has 0 aliphatic heterocycles. The lowest BCUT2D eigenvalue weighted by atomic mass is 10.1. The molecule has 0 fully saturated rings. The zero-order valence-electron chi connectivity index (χ0n) is 17.3. The molecule has 8 nitrogen and oxygen atoms in total. The number of hydrogen-bond donors (Lipinski definition) is 0. The van der Waals surface area contributed by atoms with Gasteiger partial charge in [0.05, 0.1) is 46.1 Å². The molecule has 0 atom stereocenters. The minimum atomic E-state index is -0.903. The van der Waals surface area contributed by atoms with Crippen LogP contribution in [0.25, 0.3) is 0 Å². The minimum Gasteiger partial charge on any atom is -0.460 e. The monoisotopic (exact) mass is 410 g/mol. The number of carbonyl (C=O) groups is 3. The van der Waals surface area contributed by atoms with E-state index in [0.717, 1.165) is 0 Å². The van der Waals surface area contributed by atoms with Gasteiger partial charge in [-0.1, -0.05) is 30.3 Å². The van der Waals surface area contributed by atoms with E-state index in [1.54, 1.807) is 30.3 Å². The van der Waals surface area contributed by atoms with Crippen molar-refractivity contribution in [1.82, 2.24) is 0 Å². The van der Waals surface area contributed by atoms with Crippen molar-refractivity contribution in [3.8, 4) is 0 Å².